The number of nitro groups is 1. The quantitative estimate of drug-likeness (QED) is 0.280. The fraction of sp³-hybridized carbons (Fsp3) is 0.0625. The van der Waals surface area contributed by atoms with E-state index in [1.807, 2.05) is 0 Å². The number of aromatic hydroxyl groups is 1. The number of phenols is 1. The Labute approximate surface area is 156 Å². The van der Waals surface area contributed by atoms with Gasteiger partial charge in [-0.3, -0.25) is 14.9 Å². The molecule has 0 bridgehead atoms. The number of non-ortho nitro benzene ring substituents is 1. The summed E-state index contributed by atoms with van der Waals surface area (Å²) in [5, 5.41) is 25.6. The summed E-state index contributed by atoms with van der Waals surface area (Å²) < 4.78 is 5.61. The van der Waals surface area contributed by atoms with Crippen molar-refractivity contribution in [3.8, 4) is 5.75 Å². The number of rotatable bonds is 4. The van der Waals surface area contributed by atoms with Gasteiger partial charge in [0.2, 0.25) is 0 Å². The lowest BCUT2D eigenvalue weighted by Crippen LogP contribution is -2.22. The van der Waals surface area contributed by atoms with Gasteiger partial charge in [-0.25, -0.2) is 0 Å². The molecule has 0 spiro atoms. The summed E-state index contributed by atoms with van der Waals surface area (Å²) in [6.45, 7) is 1.79. The normalized spacial score (nSPS) is 16.2. The first-order valence-corrected chi connectivity index (χ1v) is 8.43. The van der Waals surface area contributed by atoms with Gasteiger partial charge in [0.1, 0.15) is 17.3 Å². The van der Waals surface area contributed by atoms with Gasteiger partial charge >= 0.3 is 0 Å². The minimum Gasteiger partial charge on any atom is -0.507 e. The van der Waals surface area contributed by atoms with Crippen LogP contribution in [-0.2, 0) is 4.79 Å². The molecule has 1 fully saturated rings. The van der Waals surface area contributed by atoms with E-state index in [2.05, 4.69) is 5.10 Å². The average Bonchev–Trinajstić information content (AvgIpc) is 3.11. The molecule has 132 valence electrons. The SMILES string of the molecule is Cc1ccc(/C=C2\SC(=S)N(/N=C/c3cc([N+](=O)[O-])ccc3O)C2=O)o1. The molecular formula is C16H11N3O5S2. The monoisotopic (exact) mass is 389 g/mol. The number of nitrogens with zero attached hydrogens (tertiary/aromatic N) is 3. The van der Waals surface area contributed by atoms with Gasteiger partial charge in [-0.15, -0.1) is 0 Å². The van der Waals surface area contributed by atoms with Crippen LogP contribution in [0.1, 0.15) is 17.1 Å². The van der Waals surface area contributed by atoms with Crippen LogP contribution in [0.3, 0.4) is 0 Å². The van der Waals surface area contributed by atoms with Crippen molar-refractivity contribution in [2.24, 2.45) is 5.10 Å². The molecule has 0 radical (unpaired) electrons. The highest BCUT2D eigenvalue weighted by molar-refractivity contribution is 8.26. The van der Waals surface area contributed by atoms with E-state index in [0.29, 0.717) is 16.4 Å². The van der Waals surface area contributed by atoms with Crippen LogP contribution in [0.2, 0.25) is 0 Å². The fourth-order valence-corrected chi connectivity index (χ4v) is 3.25. The van der Waals surface area contributed by atoms with Crippen molar-refractivity contribution in [1.82, 2.24) is 5.01 Å². The molecule has 1 aliphatic rings. The highest BCUT2D eigenvalue weighted by Crippen LogP contribution is 2.33. The van der Waals surface area contributed by atoms with Crippen LogP contribution in [0.15, 0.2) is 44.8 Å². The number of furan rings is 1. The molecule has 1 aromatic heterocycles. The first-order valence-electron chi connectivity index (χ1n) is 7.21. The lowest BCUT2D eigenvalue weighted by Gasteiger charge is -2.06. The van der Waals surface area contributed by atoms with Crippen LogP contribution in [0, 0.1) is 17.0 Å². The molecule has 0 aliphatic carbocycles. The Bertz CT molecular complexity index is 980. The Morgan fingerprint density at radius 2 is 2.15 bits per heavy atom. The molecule has 1 saturated heterocycles. The molecule has 0 saturated carbocycles. The van der Waals surface area contributed by atoms with Crippen molar-refractivity contribution in [2.75, 3.05) is 0 Å². The number of nitro benzene ring substituents is 1. The summed E-state index contributed by atoms with van der Waals surface area (Å²) in [7, 11) is 0. The summed E-state index contributed by atoms with van der Waals surface area (Å²) in [5.41, 5.74) is -0.110. The zero-order valence-corrected chi connectivity index (χ0v) is 14.9. The van der Waals surface area contributed by atoms with Crippen LogP contribution in [0.5, 0.6) is 5.75 Å². The number of hydrogen-bond donors (Lipinski definition) is 1. The second-order valence-electron chi connectivity index (χ2n) is 5.19. The lowest BCUT2D eigenvalue weighted by molar-refractivity contribution is -0.384. The van der Waals surface area contributed by atoms with E-state index in [1.165, 1.54) is 12.1 Å². The first kappa shape index (κ1) is 17.8. The van der Waals surface area contributed by atoms with E-state index in [1.54, 1.807) is 25.1 Å². The second kappa shape index (κ2) is 7.10. The Hall–Kier alpha value is -2.98. The first-order chi connectivity index (χ1) is 12.3. The third-order valence-corrected chi connectivity index (χ3v) is 4.62. The van der Waals surface area contributed by atoms with E-state index < -0.39 is 10.8 Å². The zero-order chi connectivity index (χ0) is 18.8. The van der Waals surface area contributed by atoms with Gasteiger partial charge in [0.25, 0.3) is 11.6 Å². The van der Waals surface area contributed by atoms with Crippen LogP contribution < -0.4 is 0 Å². The topological polar surface area (TPSA) is 109 Å². The maximum absolute atomic E-state index is 12.4. The van der Waals surface area contributed by atoms with E-state index in [9.17, 15) is 20.0 Å². The number of phenolic OH excluding ortho intramolecular Hbond substituents is 1. The van der Waals surface area contributed by atoms with Crippen LogP contribution in [-0.4, -0.2) is 31.5 Å². The number of amides is 1. The highest BCUT2D eigenvalue weighted by Gasteiger charge is 2.32. The highest BCUT2D eigenvalue weighted by atomic mass is 32.2. The van der Waals surface area contributed by atoms with Crippen molar-refractivity contribution >= 4 is 52.2 Å². The van der Waals surface area contributed by atoms with Crippen LogP contribution in [0.4, 0.5) is 5.69 Å². The van der Waals surface area contributed by atoms with Gasteiger partial charge in [0.15, 0.2) is 4.32 Å². The Kier molecular flexibility index (Phi) is 4.87. The van der Waals surface area contributed by atoms with Crippen LogP contribution in [0.25, 0.3) is 6.08 Å². The molecule has 2 heterocycles. The van der Waals surface area contributed by atoms with Crippen molar-refractivity contribution < 1.29 is 19.2 Å². The van der Waals surface area contributed by atoms with E-state index in [-0.39, 0.29) is 21.3 Å². The van der Waals surface area contributed by atoms with Crippen molar-refractivity contribution in [3.05, 3.63) is 62.4 Å². The number of thiocarbonyl (C=S) groups is 1. The predicted molar refractivity (Wildman–Crippen MR) is 101 cm³/mol. The van der Waals surface area contributed by atoms with Gasteiger partial charge in [-0.2, -0.15) is 10.1 Å². The lowest BCUT2D eigenvalue weighted by atomic mass is 10.2. The Morgan fingerprint density at radius 1 is 1.38 bits per heavy atom. The number of carbonyl (C=O) groups is 1. The number of hydrogen-bond acceptors (Lipinski definition) is 8. The summed E-state index contributed by atoms with van der Waals surface area (Å²) in [5.74, 6) is 0.579. The van der Waals surface area contributed by atoms with E-state index in [4.69, 9.17) is 16.6 Å². The largest absolute Gasteiger partial charge is 0.507 e. The number of hydrazone groups is 1. The molecule has 26 heavy (non-hydrogen) atoms. The molecule has 10 heteroatoms. The van der Waals surface area contributed by atoms with Crippen molar-refractivity contribution in [2.45, 2.75) is 6.92 Å². The maximum Gasteiger partial charge on any atom is 0.286 e. The van der Waals surface area contributed by atoms with E-state index in [0.717, 1.165) is 29.1 Å². The molecule has 2 aromatic rings. The van der Waals surface area contributed by atoms with Gasteiger partial charge in [-0.05, 0) is 37.3 Å². The third kappa shape index (κ3) is 3.65. The van der Waals surface area contributed by atoms with Gasteiger partial charge in [0, 0.05) is 23.8 Å². The molecule has 1 amide bonds. The smallest absolute Gasteiger partial charge is 0.286 e. The van der Waals surface area contributed by atoms with Crippen molar-refractivity contribution in [3.63, 3.8) is 0 Å². The number of benzene rings is 1. The summed E-state index contributed by atoms with van der Waals surface area (Å²) in [6.07, 6.45) is 2.71. The minimum atomic E-state index is -0.593. The predicted octanol–water partition coefficient (Wildman–Crippen LogP) is 3.44. The average molecular weight is 389 g/mol. The molecule has 1 N–H and O–H groups in total. The zero-order valence-electron chi connectivity index (χ0n) is 13.3. The molecule has 0 unspecified atom stereocenters. The third-order valence-electron chi connectivity index (χ3n) is 3.34. The van der Waals surface area contributed by atoms with E-state index >= 15 is 0 Å². The molecule has 1 aromatic carbocycles. The Balaban J connectivity index is 1.84. The Morgan fingerprint density at radius 3 is 2.81 bits per heavy atom. The molecular weight excluding hydrogens is 378 g/mol. The summed E-state index contributed by atoms with van der Waals surface area (Å²) >= 11 is 6.20. The minimum absolute atomic E-state index is 0.0962. The molecule has 8 nitrogen and oxygen atoms in total. The number of aryl methyl sites for hydroxylation is 1. The number of thioether (sulfide) groups is 1. The molecule has 0 atom stereocenters. The number of carbonyl (C=O) groups excluding carboxylic acids is 1. The fourth-order valence-electron chi connectivity index (χ4n) is 2.10. The molecule has 1 aliphatic heterocycles. The van der Waals surface area contributed by atoms with Gasteiger partial charge in [0.05, 0.1) is 16.0 Å². The van der Waals surface area contributed by atoms with Crippen LogP contribution >= 0.6 is 24.0 Å². The summed E-state index contributed by atoms with van der Waals surface area (Å²) in [4.78, 5) is 23.0. The van der Waals surface area contributed by atoms with Gasteiger partial charge < -0.3 is 9.52 Å². The van der Waals surface area contributed by atoms with Gasteiger partial charge in [-0.1, -0.05) is 11.8 Å². The summed E-state index contributed by atoms with van der Waals surface area (Å²) in [6, 6.07) is 7.00. The van der Waals surface area contributed by atoms with Crippen molar-refractivity contribution in [1.29, 1.82) is 0 Å². The molecule has 3 rings (SSSR count). The second-order valence-corrected chi connectivity index (χ2v) is 6.86. The maximum atomic E-state index is 12.4. The standard InChI is InChI=1S/C16H11N3O5S2/c1-9-2-4-12(24-9)7-14-15(21)18(16(25)26-14)17-8-10-6-11(19(22)23)3-5-13(10)20/h2-8,20H,1H3/b14-7-,17-8+.